The summed E-state index contributed by atoms with van der Waals surface area (Å²) in [5.41, 5.74) is 2.67. The van der Waals surface area contributed by atoms with E-state index < -0.39 is 10.0 Å². The molecule has 0 aliphatic carbocycles. The summed E-state index contributed by atoms with van der Waals surface area (Å²) in [4.78, 5) is 2.22. The smallest absolute Gasteiger partial charge is 0.245 e. The van der Waals surface area contributed by atoms with E-state index in [0.717, 1.165) is 18.5 Å². The molecule has 31 heavy (non-hydrogen) atoms. The molecule has 0 radical (unpaired) electrons. The summed E-state index contributed by atoms with van der Waals surface area (Å²) in [5.74, 6) is -0.361. The Kier molecular flexibility index (Phi) is 6.06. The molecule has 1 aliphatic heterocycles. The second-order valence-electron chi connectivity index (χ2n) is 7.72. The standard InChI is InChI=1S/C24H24ClFN2O2S/c1-3-7-20-16-28(19-8-5-4-6-9-19)23-15-22(25)21(17-10-12-18(26)13-11-17)14-24(23)31(29,30)27(20)2/h4-6,8-15,20H,3,7,16H2,1-2H3/t20-/m1/s1. The van der Waals surface area contributed by atoms with Crippen molar-refractivity contribution in [3.63, 3.8) is 0 Å². The van der Waals surface area contributed by atoms with Crippen LogP contribution in [0.2, 0.25) is 5.02 Å². The van der Waals surface area contributed by atoms with E-state index in [1.807, 2.05) is 35.2 Å². The summed E-state index contributed by atoms with van der Waals surface area (Å²) >= 11 is 6.64. The van der Waals surface area contributed by atoms with Gasteiger partial charge in [0.25, 0.3) is 0 Å². The highest BCUT2D eigenvalue weighted by Gasteiger charge is 2.37. The van der Waals surface area contributed by atoms with Crippen LogP contribution in [0.5, 0.6) is 0 Å². The number of nitrogens with zero attached hydrogens (tertiary/aromatic N) is 2. The van der Waals surface area contributed by atoms with Crippen LogP contribution in [0.3, 0.4) is 0 Å². The third-order valence-corrected chi connectivity index (χ3v) is 8.00. The summed E-state index contributed by atoms with van der Waals surface area (Å²) in [6.07, 6.45) is 1.61. The third kappa shape index (κ3) is 4.07. The van der Waals surface area contributed by atoms with E-state index in [1.54, 1.807) is 31.3 Å². The lowest BCUT2D eigenvalue weighted by Gasteiger charge is -2.29. The van der Waals surface area contributed by atoms with Gasteiger partial charge in [-0.2, -0.15) is 4.31 Å². The van der Waals surface area contributed by atoms with Crippen molar-refractivity contribution in [2.45, 2.75) is 30.7 Å². The van der Waals surface area contributed by atoms with Gasteiger partial charge in [0.2, 0.25) is 10.0 Å². The molecule has 4 rings (SSSR count). The van der Waals surface area contributed by atoms with Gasteiger partial charge >= 0.3 is 0 Å². The van der Waals surface area contributed by atoms with E-state index in [9.17, 15) is 12.8 Å². The molecule has 1 aliphatic rings. The topological polar surface area (TPSA) is 40.6 Å². The third-order valence-electron chi connectivity index (χ3n) is 5.75. The van der Waals surface area contributed by atoms with Gasteiger partial charge in [-0.25, -0.2) is 12.8 Å². The van der Waals surface area contributed by atoms with Gasteiger partial charge in [0.05, 0.1) is 10.7 Å². The maximum absolute atomic E-state index is 13.6. The zero-order valence-electron chi connectivity index (χ0n) is 17.4. The lowest BCUT2D eigenvalue weighted by atomic mass is 10.0. The van der Waals surface area contributed by atoms with Crippen LogP contribution in [0.1, 0.15) is 19.8 Å². The van der Waals surface area contributed by atoms with E-state index in [4.69, 9.17) is 11.6 Å². The van der Waals surface area contributed by atoms with Crippen LogP contribution in [-0.2, 0) is 10.0 Å². The number of fused-ring (bicyclic) bond motifs is 1. The fraction of sp³-hybridized carbons (Fsp3) is 0.250. The number of hydrogen-bond donors (Lipinski definition) is 0. The fourth-order valence-corrected chi connectivity index (χ4v) is 5.89. The first kappa shape index (κ1) is 21.8. The van der Waals surface area contributed by atoms with Crippen LogP contribution >= 0.6 is 11.6 Å². The number of sulfonamides is 1. The molecule has 1 atom stereocenters. The summed E-state index contributed by atoms with van der Waals surface area (Å²) in [7, 11) is -2.13. The Balaban J connectivity index is 1.96. The minimum Gasteiger partial charge on any atom is -0.339 e. The summed E-state index contributed by atoms with van der Waals surface area (Å²) < 4.78 is 42.2. The monoisotopic (exact) mass is 458 g/mol. The average Bonchev–Trinajstić information content (AvgIpc) is 2.84. The molecule has 7 heteroatoms. The van der Waals surface area contributed by atoms with Gasteiger partial charge in [0.1, 0.15) is 10.7 Å². The van der Waals surface area contributed by atoms with Crippen molar-refractivity contribution in [1.82, 2.24) is 4.31 Å². The van der Waals surface area contributed by atoms with Crippen molar-refractivity contribution in [3.8, 4) is 11.1 Å². The molecule has 0 saturated heterocycles. The van der Waals surface area contributed by atoms with Crippen LogP contribution in [0.4, 0.5) is 15.8 Å². The van der Waals surface area contributed by atoms with E-state index in [1.165, 1.54) is 16.4 Å². The van der Waals surface area contributed by atoms with Gasteiger partial charge < -0.3 is 4.90 Å². The van der Waals surface area contributed by atoms with Crippen LogP contribution in [0, 0.1) is 5.82 Å². The quantitative estimate of drug-likeness (QED) is 0.475. The lowest BCUT2D eigenvalue weighted by Crippen LogP contribution is -2.40. The lowest BCUT2D eigenvalue weighted by molar-refractivity contribution is 0.356. The summed E-state index contributed by atoms with van der Waals surface area (Å²) in [5, 5.41) is 0.415. The van der Waals surface area contributed by atoms with Gasteiger partial charge in [0.15, 0.2) is 0 Å². The van der Waals surface area contributed by atoms with Crippen molar-refractivity contribution in [2.24, 2.45) is 0 Å². The maximum atomic E-state index is 13.6. The van der Waals surface area contributed by atoms with Gasteiger partial charge in [0, 0.05) is 30.9 Å². The highest BCUT2D eigenvalue weighted by Crippen LogP contribution is 2.42. The molecule has 1 heterocycles. The Hall–Kier alpha value is -2.41. The van der Waals surface area contributed by atoms with Crippen LogP contribution in [0.15, 0.2) is 71.6 Å². The first-order chi connectivity index (χ1) is 14.8. The Morgan fingerprint density at radius 2 is 1.74 bits per heavy atom. The normalized spacial score (nSPS) is 18.5. The van der Waals surface area contributed by atoms with Crippen molar-refractivity contribution in [2.75, 3.05) is 18.5 Å². The molecule has 0 bridgehead atoms. The molecule has 3 aromatic carbocycles. The molecule has 0 unspecified atom stereocenters. The van der Waals surface area contributed by atoms with Crippen molar-refractivity contribution >= 4 is 33.0 Å². The van der Waals surface area contributed by atoms with Gasteiger partial charge in [-0.15, -0.1) is 0 Å². The van der Waals surface area contributed by atoms with Crippen molar-refractivity contribution in [1.29, 1.82) is 0 Å². The summed E-state index contributed by atoms with van der Waals surface area (Å²) in [6.45, 7) is 2.57. The minimum absolute atomic E-state index is 0.185. The minimum atomic E-state index is -3.77. The number of likely N-dealkylation sites (N-methyl/N-ethyl adjacent to an activating group) is 1. The molecule has 0 fully saturated rings. The Morgan fingerprint density at radius 3 is 2.39 bits per heavy atom. The SMILES string of the molecule is CCC[C@@H]1CN(c2ccccc2)c2cc(Cl)c(-c3ccc(F)cc3)cc2S(=O)(=O)N1C. The molecule has 4 nitrogen and oxygen atoms in total. The van der Waals surface area contributed by atoms with Crippen molar-refractivity contribution in [3.05, 3.63) is 77.6 Å². The zero-order chi connectivity index (χ0) is 22.2. The highest BCUT2D eigenvalue weighted by atomic mass is 35.5. The highest BCUT2D eigenvalue weighted by molar-refractivity contribution is 7.89. The molecule has 3 aromatic rings. The predicted octanol–water partition coefficient (Wildman–Crippen LogP) is 6.09. The first-order valence-corrected chi connectivity index (χ1v) is 12.0. The van der Waals surface area contributed by atoms with Gasteiger partial charge in [-0.05, 0) is 48.4 Å². The number of halogens is 2. The molecule has 0 spiro atoms. The summed E-state index contributed by atoms with van der Waals surface area (Å²) in [6, 6.07) is 18.7. The number of anilines is 2. The number of hydrogen-bond acceptors (Lipinski definition) is 3. The maximum Gasteiger partial charge on any atom is 0.245 e. The van der Waals surface area contributed by atoms with E-state index in [0.29, 0.717) is 28.4 Å². The Morgan fingerprint density at radius 1 is 1.06 bits per heavy atom. The molecule has 162 valence electrons. The Labute approximate surface area is 187 Å². The van der Waals surface area contributed by atoms with Crippen LogP contribution < -0.4 is 4.90 Å². The second-order valence-corrected chi connectivity index (χ2v) is 10.1. The first-order valence-electron chi connectivity index (χ1n) is 10.2. The van der Waals surface area contributed by atoms with Crippen LogP contribution in [-0.4, -0.2) is 32.4 Å². The molecule has 0 N–H and O–H groups in total. The van der Waals surface area contributed by atoms with Gasteiger partial charge in [-0.3, -0.25) is 0 Å². The fourth-order valence-electron chi connectivity index (χ4n) is 4.05. The largest absolute Gasteiger partial charge is 0.339 e. The van der Waals surface area contributed by atoms with E-state index >= 15 is 0 Å². The number of para-hydroxylation sites is 1. The molecular formula is C24H24ClFN2O2S. The average molecular weight is 459 g/mol. The molecule has 0 amide bonds. The second kappa shape index (κ2) is 8.61. The van der Waals surface area contributed by atoms with E-state index in [2.05, 4.69) is 6.92 Å². The molecule has 0 aromatic heterocycles. The Bertz CT molecular complexity index is 1180. The van der Waals surface area contributed by atoms with E-state index in [-0.39, 0.29) is 16.8 Å². The van der Waals surface area contributed by atoms with Crippen LogP contribution in [0.25, 0.3) is 11.1 Å². The zero-order valence-corrected chi connectivity index (χ0v) is 19.0. The number of benzene rings is 3. The molecular weight excluding hydrogens is 435 g/mol. The predicted molar refractivity (Wildman–Crippen MR) is 124 cm³/mol. The van der Waals surface area contributed by atoms with Gasteiger partial charge in [-0.1, -0.05) is 55.3 Å². The molecule has 0 saturated carbocycles. The van der Waals surface area contributed by atoms with Crippen molar-refractivity contribution < 1.29 is 12.8 Å². The number of rotatable bonds is 4.